The number of likely N-dealkylation sites (tertiary alicyclic amines) is 1. The first-order valence-corrected chi connectivity index (χ1v) is 10.1. The lowest BCUT2D eigenvalue weighted by Crippen LogP contribution is -2.38. The largest absolute Gasteiger partial charge is 0.322 e. The summed E-state index contributed by atoms with van der Waals surface area (Å²) in [6.45, 7) is 5.61. The molecule has 2 fully saturated rings. The van der Waals surface area contributed by atoms with Crippen molar-refractivity contribution in [3.63, 3.8) is 0 Å². The molecule has 1 spiro atoms. The normalized spacial score (nSPS) is 18.6. The second-order valence-electron chi connectivity index (χ2n) is 7.87. The summed E-state index contributed by atoms with van der Waals surface area (Å²) < 4.78 is 0. The molecule has 0 bridgehead atoms. The van der Waals surface area contributed by atoms with E-state index in [1.807, 2.05) is 12.1 Å². The van der Waals surface area contributed by atoms with Crippen LogP contribution >= 0.6 is 24.0 Å². The van der Waals surface area contributed by atoms with Crippen molar-refractivity contribution >= 4 is 35.6 Å². The molecule has 2 aliphatic rings. The molecule has 0 aliphatic carbocycles. The molecule has 2 heterocycles. The van der Waals surface area contributed by atoms with Gasteiger partial charge in [0.05, 0.1) is 0 Å². The van der Waals surface area contributed by atoms with Gasteiger partial charge in [0.1, 0.15) is 0 Å². The van der Waals surface area contributed by atoms with Gasteiger partial charge in [-0.3, -0.25) is 9.69 Å². The molecular weight excluding hydrogens is 393 g/mol. The zero-order valence-electron chi connectivity index (χ0n) is 15.9. The molecule has 150 valence electrons. The number of nitrogens with zero attached hydrogens (tertiary/aromatic N) is 1. The number of nitrogens with one attached hydrogen (secondary N) is 2. The van der Waals surface area contributed by atoms with Gasteiger partial charge in [0.15, 0.2) is 0 Å². The van der Waals surface area contributed by atoms with E-state index in [2.05, 4.69) is 27.7 Å². The van der Waals surface area contributed by atoms with Gasteiger partial charge in [0.25, 0.3) is 5.91 Å². The van der Waals surface area contributed by atoms with E-state index in [4.69, 9.17) is 11.6 Å². The van der Waals surface area contributed by atoms with Crippen molar-refractivity contribution in [3.8, 4) is 0 Å². The van der Waals surface area contributed by atoms with Crippen LogP contribution in [0.5, 0.6) is 0 Å². The monoisotopic (exact) mass is 419 g/mol. The predicted molar refractivity (Wildman–Crippen MR) is 118 cm³/mol. The zero-order valence-corrected chi connectivity index (χ0v) is 17.5. The van der Waals surface area contributed by atoms with Crippen LogP contribution in [0.3, 0.4) is 0 Å². The van der Waals surface area contributed by atoms with Crippen molar-refractivity contribution in [3.05, 3.63) is 64.7 Å². The maximum atomic E-state index is 12.4. The smallest absolute Gasteiger partial charge is 0.255 e. The van der Waals surface area contributed by atoms with Gasteiger partial charge in [-0.2, -0.15) is 0 Å². The zero-order chi connectivity index (χ0) is 18.7. The summed E-state index contributed by atoms with van der Waals surface area (Å²) in [5.74, 6) is -0.112. The molecule has 2 saturated heterocycles. The first-order valence-electron chi connectivity index (χ1n) is 9.71. The van der Waals surface area contributed by atoms with E-state index in [0.717, 1.165) is 25.3 Å². The van der Waals surface area contributed by atoms with Gasteiger partial charge in [-0.15, -0.1) is 12.4 Å². The van der Waals surface area contributed by atoms with Crippen LogP contribution in [0, 0.1) is 5.41 Å². The van der Waals surface area contributed by atoms with E-state index in [1.54, 1.807) is 24.3 Å². The van der Waals surface area contributed by atoms with Crippen molar-refractivity contribution < 1.29 is 4.79 Å². The van der Waals surface area contributed by atoms with Gasteiger partial charge in [-0.25, -0.2) is 0 Å². The third-order valence-corrected chi connectivity index (χ3v) is 6.13. The molecule has 0 saturated carbocycles. The Morgan fingerprint density at radius 1 is 1.11 bits per heavy atom. The number of amides is 1. The Balaban J connectivity index is 0.00000225. The summed E-state index contributed by atoms with van der Waals surface area (Å²) in [5.41, 5.74) is 3.21. The van der Waals surface area contributed by atoms with Crippen molar-refractivity contribution in [2.45, 2.75) is 25.8 Å². The Kier molecular flexibility index (Phi) is 7.00. The lowest BCUT2D eigenvalue weighted by Gasteiger charge is -2.34. The minimum atomic E-state index is -0.112. The van der Waals surface area contributed by atoms with E-state index in [0.29, 0.717) is 16.0 Å². The van der Waals surface area contributed by atoms with E-state index in [9.17, 15) is 4.79 Å². The van der Waals surface area contributed by atoms with Gasteiger partial charge < -0.3 is 10.6 Å². The molecule has 2 aliphatic heterocycles. The molecule has 4 rings (SSSR count). The summed E-state index contributed by atoms with van der Waals surface area (Å²) in [5, 5.41) is 7.10. The molecule has 0 unspecified atom stereocenters. The molecule has 4 nitrogen and oxygen atoms in total. The number of rotatable bonds is 4. The third kappa shape index (κ3) is 5.06. The average molecular weight is 420 g/mol. The minimum Gasteiger partial charge on any atom is -0.322 e. The van der Waals surface area contributed by atoms with E-state index in [-0.39, 0.29) is 18.3 Å². The fraction of sp³-hybridized carbons (Fsp3) is 0.409. The fourth-order valence-corrected chi connectivity index (χ4v) is 4.46. The summed E-state index contributed by atoms with van der Waals surface area (Å²) in [4.78, 5) is 15.0. The van der Waals surface area contributed by atoms with Crippen LogP contribution in [0.15, 0.2) is 48.5 Å². The van der Waals surface area contributed by atoms with Gasteiger partial charge in [-0.05, 0) is 86.3 Å². The van der Waals surface area contributed by atoms with Crippen molar-refractivity contribution in [2.75, 3.05) is 31.5 Å². The lowest BCUT2D eigenvalue weighted by atomic mass is 9.78. The van der Waals surface area contributed by atoms with Crippen LogP contribution in [0.1, 0.15) is 35.2 Å². The van der Waals surface area contributed by atoms with E-state index in [1.165, 1.54) is 37.9 Å². The number of hydrogen-bond acceptors (Lipinski definition) is 3. The molecule has 6 heteroatoms. The van der Waals surface area contributed by atoms with Crippen LogP contribution in [0.4, 0.5) is 5.69 Å². The standard InChI is InChI=1S/C22H26ClN3O.ClH/c23-19-6-4-18(5-7-19)21(27)25-20-3-1-2-17(14-20)15-26-13-10-22(16-26)8-11-24-12-9-22;/h1-7,14,24H,8-13,15-16H2,(H,25,27);1H. The van der Waals surface area contributed by atoms with Crippen molar-refractivity contribution in [1.82, 2.24) is 10.2 Å². The summed E-state index contributed by atoms with van der Waals surface area (Å²) >= 11 is 5.89. The van der Waals surface area contributed by atoms with Crippen molar-refractivity contribution in [2.24, 2.45) is 5.41 Å². The van der Waals surface area contributed by atoms with Gasteiger partial charge >= 0.3 is 0 Å². The Bertz CT molecular complexity index is 804. The molecule has 0 aromatic heterocycles. The maximum Gasteiger partial charge on any atom is 0.255 e. The highest BCUT2D eigenvalue weighted by atomic mass is 35.5. The highest BCUT2D eigenvalue weighted by molar-refractivity contribution is 6.30. The molecule has 2 N–H and O–H groups in total. The first kappa shape index (κ1) is 21.1. The first-order chi connectivity index (χ1) is 13.1. The molecule has 0 atom stereocenters. The van der Waals surface area contributed by atoms with Gasteiger partial charge in [-0.1, -0.05) is 23.7 Å². The highest BCUT2D eigenvalue weighted by Crippen LogP contribution is 2.39. The van der Waals surface area contributed by atoms with Crippen LogP contribution in [0.2, 0.25) is 5.02 Å². The second-order valence-corrected chi connectivity index (χ2v) is 8.31. The Morgan fingerprint density at radius 3 is 2.61 bits per heavy atom. The number of carbonyl (C=O) groups excluding carboxylic acids is 1. The van der Waals surface area contributed by atoms with Crippen LogP contribution < -0.4 is 10.6 Å². The van der Waals surface area contributed by atoms with Gasteiger partial charge in [0, 0.05) is 29.4 Å². The number of piperidine rings is 1. The fourth-order valence-electron chi connectivity index (χ4n) is 4.34. The number of halogens is 2. The number of anilines is 1. The predicted octanol–water partition coefficient (Wildman–Crippen LogP) is 4.59. The Hall–Kier alpha value is -1.59. The van der Waals surface area contributed by atoms with Crippen LogP contribution in [-0.4, -0.2) is 37.0 Å². The van der Waals surface area contributed by atoms with Gasteiger partial charge in [0.2, 0.25) is 0 Å². The minimum absolute atomic E-state index is 0. The summed E-state index contributed by atoms with van der Waals surface area (Å²) in [6.07, 6.45) is 3.89. The quantitative estimate of drug-likeness (QED) is 0.761. The highest BCUT2D eigenvalue weighted by Gasteiger charge is 2.38. The molecule has 1 amide bonds. The molecule has 0 radical (unpaired) electrons. The maximum absolute atomic E-state index is 12.4. The number of benzene rings is 2. The number of carbonyl (C=O) groups is 1. The van der Waals surface area contributed by atoms with Crippen molar-refractivity contribution in [1.29, 1.82) is 0 Å². The third-order valence-electron chi connectivity index (χ3n) is 5.88. The molecule has 2 aromatic rings. The van der Waals surface area contributed by atoms with E-state index >= 15 is 0 Å². The topological polar surface area (TPSA) is 44.4 Å². The summed E-state index contributed by atoms with van der Waals surface area (Å²) in [7, 11) is 0. The van der Waals surface area contributed by atoms with E-state index < -0.39 is 0 Å². The molecule has 28 heavy (non-hydrogen) atoms. The number of hydrogen-bond donors (Lipinski definition) is 2. The molecular formula is C22H27Cl2N3O. The second kappa shape index (κ2) is 9.27. The Labute approximate surface area is 178 Å². The average Bonchev–Trinajstić information content (AvgIpc) is 3.05. The SMILES string of the molecule is Cl.O=C(Nc1cccc(CN2CCC3(CCNCC3)C2)c1)c1ccc(Cl)cc1. The summed E-state index contributed by atoms with van der Waals surface area (Å²) in [6, 6.07) is 15.1. The van der Waals surface area contributed by atoms with Crippen LogP contribution in [-0.2, 0) is 6.54 Å². The Morgan fingerprint density at radius 2 is 1.86 bits per heavy atom. The lowest BCUT2D eigenvalue weighted by molar-refractivity contribution is 0.102. The van der Waals surface area contributed by atoms with Crippen LogP contribution in [0.25, 0.3) is 0 Å². The molecule has 2 aromatic carbocycles.